The zero-order valence-electron chi connectivity index (χ0n) is 17.8. The van der Waals surface area contributed by atoms with Gasteiger partial charge in [0.2, 0.25) is 0 Å². The minimum atomic E-state index is -4.06. The summed E-state index contributed by atoms with van der Waals surface area (Å²) in [5, 5.41) is 0.155. The first-order valence-corrected chi connectivity index (χ1v) is 12.8. The van der Waals surface area contributed by atoms with Crippen LogP contribution < -0.4 is 0 Å². The summed E-state index contributed by atoms with van der Waals surface area (Å²) in [5.41, 5.74) is 0.474. The number of methoxy groups -OCH3 is 1. The van der Waals surface area contributed by atoms with Crippen LogP contribution in [0, 0.1) is 0 Å². The molecular weight excluding hydrogens is 520 g/mol. The predicted octanol–water partition coefficient (Wildman–Crippen LogP) is 2.55. The molecule has 0 bridgehead atoms. The molecule has 3 rings (SSSR count). The lowest BCUT2D eigenvalue weighted by atomic mass is 9.99. The van der Waals surface area contributed by atoms with Gasteiger partial charge in [0.15, 0.2) is 24.6 Å². The molecule has 9 nitrogen and oxygen atoms in total. The summed E-state index contributed by atoms with van der Waals surface area (Å²) >= 11 is 3.28. The largest absolute Gasteiger partial charge is 0.453 e. The van der Waals surface area contributed by atoms with E-state index >= 15 is 0 Å². The molecule has 2 aromatic carbocycles. The van der Waals surface area contributed by atoms with Gasteiger partial charge in [-0.05, 0) is 24.3 Å². The second-order valence-electron chi connectivity index (χ2n) is 7.17. The van der Waals surface area contributed by atoms with Crippen LogP contribution in [0.1, 0.15) is 20.7 Å². The second-order valence-corrected chi connectivity index (χ2v) is 9.42. The van der Waals surface area contributed by atoms with Gasteiger partial charge in [0.1, 0.15) is 6.10 Å². The maximum absolute atomic E-state index is 12.7. The topological polar surface area (TPSA) is 114 Å². The van der Waals surface area contributed by atoms with E-state index in [0.717, 1.165) is 6.26 Å². The molecule has 2 aromatic rings. The normalized spacial score (nSPS) is 25.2. The van der Waals surface area contributed by atoms with Gasteiger partial charge in [0.05, 0.1) is 17.4 Å². The molecule has 1 aliphatic heterocycles. The number of hydrogen-bond donors (Lipinski definition) is 0. The SMILES string of the molecule is CO[C@H]1O[C@H](CBr)[C@@H](OC(=O)c2ccccc2)[C@H](OS(C)(=O)=O)[C@H]1OC(=O)c1ccccc1. The molecule has 1 heterocycles. The molecule has 178 valence electrons. The van der Waals surface area contributed by atoms with Gasteiger partial charge in [0.25, 0.3) is 10.1 Å². The van der Waals surface area contributed by atoms with E-state index in [2.05, 4.69) is 15.9 Å². The van der Waals surface area contributed by atoms with Crippen LogP contribution >= 0.6 is 15.9 Å². The number of alkyl halides is 1. The van der Waals surface area contributed by atoms with Crippen LogP contribution in [0.5, 0.6) is 0 Å². The van der Waals surface area contributed by atoms with E-state index in [0.29, 0.717) is 0 Å². The first-order chi connectivity index (χ1) is 15.7. The Morgan fingerprint density at radius 1 is 0.879 bits per heavy atom. The number of halogens is 1. The first kappa shape index (κ1) is 25.3. The molecule has 0 amide bonds. The maximum atomic E-state index is 12.7. The van der Waals surface area contributed by atoms with Crippen molar-refractivity contribution in [3.05, 3.63) is 71.8 Å². The number of esters is 2. The second kappa shape index (κ2) is 11.2. The fourth-order valence-corrected chi connectivity index (χ4v) is 4.45. The molecule has 1 aliphatic rings. The van der Waals surface area contributed by atoms with Crippen LogP contribution in [0.2, 0.25) is 0 Å². The summed E-state index contributed by atoms with van der Waals surface area (Å²) in [5.74, 6) is -1.47. The molecule has 5 atom stereocenters. The monoisotopic (exact) mass is 542 g/mol. The molecule has 33 heavy (non-hydrogen) atoms. The lowest BCUT2D eigenvalue weighted by Crippen LogP contribution is -2.62. The van der Waals surface area contributed by atoms with E-state index in [1.54, 1.807) is 48.5 Å². The number of rotatable bonds is 8. The Kier molecular flexibility index (Phi) is 8.60. The molecular formula is C22H23BrO9S. The van der Waals surface area contributed by atoms with Gasteiger partial charge >= 0.3 is 11.9 Å². The summed E-state index contributed by atoms with van der Waals surface area (Å²) < 4.78 is 51.8. The Hall–Kier alpha value is -2.31. The predicted molar refractivity (Wildman–Crippen MR) is 120 cm³/mol. The van der Waals surface area contributed by atoms with Gasteiger partial charge in [-0.2, -0.15) is 8.42 Å². The Morgan fingerprint density at radius 3 is 1.79 bits per heavy atom. The summed E-state index contributed by atoms with van der Waals surface area (Å²) in [6.45, 7) is 0. The lowest BCUT2D eigenvalue weighted by molar-refractivity contribution is -0.278. The van der Waals surface area contributed by atoms with Crippen LogP contribution in [0.4, 0.5) is 0 Å². The van der Waals surface area contributed by atoms with E-state index in [4.69, 9.17) is 23.1 Å². The van der Waals surface area contributed by atoms with Crippen molar-refractivity contribution in [1.29, 1.82) is 0 Å². The lowest BCUT2D eigenvalue weighted by Gasteiger charge is -2.43. The van der Waals surface area contributed by atoms with Gasteiger partial charge in [-0.3, -0.25) is 4.18 Å². The average Bonchev–Trinajstić information content (AvgIpc) is 2.81. The van der Waals surface area contributed by atoms with Crippen molar-refractivity contribution >= 4 is 38.0 Å². The van der Waals surface area contributed by atoms with Crippen LogP contribution in [-0.2, 0) is 33.2 Å². The van der Waals surface area contributed by atoms with Crippen molar-refractivity contribution in [3.8, 4) is 0 Å². The highest BCUT2D eigenvalue weighted by atomic mass is 79.9. The molecule has 0 saturated carbocycles. The van der Waals surface area contributed by atoms with Crippen LogP contribution in [0.15, 0.2) is 60.7 Å². The third kappa shape index (κ3) is 6.61. The Balaban J connectivity index is 1.95. The van der Waals surface area contributed by atoms with Gasteiger partial charge in [-0.1, -0.05) is 52.3 Å². The average molecular weight is 543 g/mol. The molecule has 11 heteroatoms. The Labute approximate surface area is 200 Å². The summed E-state index contributed by atoms with van der Waals surface area (Å²) in [4.78, 5) is 25.5. The summed E-state index contributed by atoms with van der Waals surface area (Å²) in [6, 6.07) is 16.3. The quantitative estimate of drug-likeness (QED) is 0.282. The fourth-order valence-electron chi connectivity index (χ4n) is 3.30. The minimum Gasteiger partial charge on any atom is -0.453 e. The van der Waals surface area contributed by atoms with Crippen molar-refractivity contribution in [1.82, 2.24) is 0 Å². The minimum absolute atomic E-state index is 0.155. The van der Waals surface area contributed by atoms with Crippen LogP contribution in [0.3, 0.4) is 0 Å². The van der Waals surface area contributed by atoms with Crippen LogP contribution in [-0.4, -0.2) is 69.8 Å². The summed E-state index contributed by atoms with van der Waals surface area (Å²) in [6.07, 6.45) is -5.23. The van der Waals surface area contributed by atoms with Gasteiger partial charge in [0, 0.05) is 12.4 Å². The third-order valence-corrected chi connectivity index (χ3v) is 5.98. The van der Waals surface area contributed by atoms with Crippen molar-refractivity contribution < 1.29 is 41.1 Å². The maximum Gasteiger partial charge on any atom is 0.338 e. The number of hydrogen-bond acceptors (Lipinski definition) is 9. The van der Waals surface area contributed by atoms with Crippen molar-refractivity contribution in [2.24, 2.45) is 0 Å². The molecule has 1 fully saturated rings. The highest BCUT2D eigenvalue weighted by Crippen LogP contribution is 2.31. The number of carbonyl (C=O) groups is 2. The number of carbonyl (C=O) groups excluding carboxylic acids is 2. The Morgan fingerprint density at radius 2 is 1.36 bits per heavy atom. The van der Waals surface area contributed by atoms with Gasteiger partial charge in [-0.25, -0.2) is 9.59 Å². The zero-order valence-corrected chi connectivity index (χ0v) is 20.2. The summed E-state index contributed by atoms with van der Waals surface area (Å²) in [7, 11) is -2.75. The smallest absolute Gasteiger partial charge is 0.338 e. The highest BCUT2D eigenvalue weighted by molar-refractivity contribution is 9.09. The highest BCUT2D eigenvalue weighted by Gasteiger charge is 2.52. The van der Waals surface area contributed by atoms with E-state index in [1.165, 1.54) is 19.2 Å². The molecule has 0 spiro atoms. The molecule has 0 aromatic heterocycles. The number of benzene rings is 2. The van der Waals surface area contributed by atoms with Crippen molar-refractivity contribution in [2.75, 3.05) is 18.7 Å². The van der Waals surface area contributed by atoms with Crippen molar-refractivity contribution in [2.45, 2.75) is 30.7 Å². The van der Waals surface area contributed by atoms with E-state index < -0.39 is 52.8 Å². The fraction of sp³-hybridized carbons (Fsp3) is 0.364. The van der Waals surface area contributed by atoms with E-state index in [-0.39, 0.29) is 16.5 Å². The molecule has 1 saturated heterocycles. The van der Waals surface area contributed by atoms with Gasteiger partial charge < -0.3 is 18.9 Å². The standard InChI is InChI=1S/C22H23BrO9S/c1-28-22-19(31-21(25)15-11-7-4-8-12-15)18(32-33(2,26)27)17(16(13-23)29-22)30-20(24)14-9-5-3-6-10-14/h3-12,16-19,22H,13H2,1-2H3/t16-,17-,18+,19-,22+/m1/s1. The van der Waals surface area contributed by atoms with Gasteiger partial charge in [-0.15, -0.1) is 0 Å². The van der Waals surface area contributed by atoms with Crippen molar-refractivity contribution in [3.63, 3.8) is 0 Å². The molecule has 0 N–H and O–H groups in total. The zero-order chi connectivity index (χ0) is 24.0. The number of ether oxygens (including phenoxy) is 4. The first-order valence-electron chi connectivity index (χ1n) is 9.88. The van der Waals surface area contributed by atoms with E-state index in [1.807, 2.05) is 0 Å². The van der Waals surface area contributed by atoms with Crippen LogP contribution in [0.25, 0.3) is 0 Å². The molecule has 0 aliphatic carbocycles. The molecule has 0 unspecified atom stereocenters. The van der Waals surface area contributed by atoms with E-state index in [9.17, 15) is 18.0 Å². The third-order valence-electron chi connectivity index (χ3n) is 4.77. The Bertz CT molecular complexity index is 979. The molecule has 0 radical (unpaired) electrons.